The van der Waals surface area contributed by atoms with Gasteiger partial charge < -0.3 is 47.4 Å². The summed E-state index contributed by atoms with van der Waals surface area (Å²) in [6, 6.07) is 0. The van der Waals surface area contributed by atoms with Crippen LogP contribution < -0.4 is 0 Å². The van der Waals surface area contributed by atoms with Gasteiger partial charge in [-0.05, 0) is 12.8 Å². The Morgan fingerprint density at radius 2 is 0.340 bits per heavy atom. The predicted molar refractivity (Wildman–Crippen MR) is 189 cm³/mol. The SMILES string of the molecule is CCCCCCCCCCCCCCCOCCOCCOCCOCCOCCOCCOCCOCCOCCOCCCC. The van der Waals surface area contributed by atoms with Crippen molar-refractivity contribution in [2.75, 3.05) is 132 Å². The Hall–Kier alpha value is -0.400. The Morgan fingerprint density at radius 1 is 0.170 bits per heavy atom. The first-order valence-corrected chi connectivity index (χ1v) is 19.2. The fraction of sp³-hybridized carbons (Fsp3) is 1.00. The van der Waals surface area contributed by atoms with E-state index in [1.165, 1.54) is 77.0 Å². The first-order valence-electron chi connectivity index (χ1n) is 19.2. The lowest BCUT2D eigenvalue weighted by Crippen LogP contribution is -2.15. The highest BCUT2D eigenvalue weighted by Gasteiger charge is 1.97. The van der Waals surface area contributed by atoms with Crippen molar-refractivity contribution >= 4 is 0 Å². The van der Waals surface area contributed by atoms with E-state index >= 15 is 0 Å². The molecule has 0 aliphatic carbocycles. The van der Waals surface area contributed by atoms with Crippen LogP contribution in [-0.2, 0) is 47.4 Å². The van der Waals surface area contributed by atoms with Gasteiger partial charge in [-0.25, -0.2) is 0 Å². The average Bonchev–Trinajstić information content (AvgIpc) is 3.08. The van der Waals surface area contributed by atoms with Crippen LogP contribution >= 0.6 is 0 Å². The van der Waals surface area contributed by atoms with Crippen LogP contribution in [0.3, 0.4) is 0 Å². The molecule has 0 atom stereocenters. The minimum atomic E-state index is 0.535. The number of hydrogen-bond donors (Lipinski definition) is 0. The van der Waals surface area contributed by atoms with E-state index in [0.29, 0.717) is 119 Å². The number of ether oxygens (including phenoxy) is 10. The van der Waals surface area contributed by atoms with E-state index in [9.17, 15) is 0 Å². The van der Waals surface area contributed by atoms with Crippen LogP contribution in [0.5, 0.6) is 0 Å². The van der Waals surface area contributed by atoms with Gasteiger partial charge in [0, 0.05) is 13.2 Å². The predicted octanol–water partition coefficient (Wildman–Crippen LogP) is 7.04. The summed E-state index contributed by atoms with van der Waals surface area (Å²) in [5.41, 5.74) is 0. The van der Waals surface area contributed by atoms with E-state index in [2.05, 4.69) is 13.8 Å². The Kier molecular flexibility index (Phi) is 45.2. The van der Waals surface area contributed by atoms with Crippen molar-refractivity contribution in [2.45, 2.75) is 110 Å². The molecule has 10 heteroatoms. The third kappa shape index (κ3) is 45.6. The van der Waals surface area contributed by atoms with Crippen molar-refractivity contribution in [3.8, 4) is 0 Å². The maximum absolute atomic E-state index is 5.67. The molecule has 0 bridgehead atoms. The van der Waals surface area contributed by atoms with Gasteiger partial charge in [0.15, 0.2) is 0 Å². The molecular weight excluding hydrogens is 604 g/mol. The van der Waals surface area contributed by atoms with Gasteiger partial charge in [-0.3, -0.25) is 0 Å². The minimum absolute atomic E-state index is 0.535. The fourth-order valence-corrected chi connectivity index (χ4v) is 4.55. The minimum Gasteiger partial charge on any atom is -0.379 e. The van der Waals surface area contributed by atoms with Crippen molar-refractivity contribution < 1.29 is 47.4 Å². The molecule has 0 unspecified atom stereocenters. The number of unbranched alkanes of at least 4 members (excludes halogenated alkanes) is 13. The zero-order valence-electron chi connectivity index (χ0n) is 30.8. The molecule has 0 aliphatic heterocycles. The highest BCUT2D eigenvalue weighted by Crippen LogP contribution is 2.12. The van der Waals surface area contributed by atoms with Crippen LogP contribution in [-0.4, -0.2) is 132 Å². The summed E-state index contributed by atoms with van der Waals surface area (Å²) < 4.78 is 55.1. The molecule has 47 heavy (non-hydrogen) atoms. The fourth-order valence-electron chi connectivity index (χ4n) is 4.55. The Morgan fingerprint density at radius 3 is 0.574 bits per heavy atom. The quantitative estimate of drug-likeness (QED) is 0.0624. The van der Waals surface area contributed by atoms with E-state index in [1.54, 1.807) is 0 Å². The zero-order chi connectivity index (χ0) is 33.8. The van der Waals surface area contributed by atoms with Gasteiger partial charge in [0.05, 0.1) is 119 Å². The number of rotatable bonds is 44. The molecule has 0 fully saturated rings. The second kappa shape index (κ2) is 45.6. The summed E-state index contributed by atoms with van der Waals surface area (Å²) in [4.78, 5) is 0. The summed E-state index contributed by atoms with van der Waals surface area (Å²) >= 11 is 0. The summed E-state index contributed by atoms with van der Waals surface area (Å²) in [6.07, 6.45) is 20.1. The number of hydrogen-bond acceptors (Lipinski definition) is 10. The highest BCUT2D eigenvalue weighted by molar-refractivity contribution is 4.49. The second-order valence-corrected chi connectivity index (χ2v) is 11.7. The summed E-state index contributed by atoms with van der Waals surface area (Å²) in [5.74, 6) is 0. The summed E-state index contributed by atoms with van der Waals surface area (Å²) in [6.45, 7) is 16.3. The van der Waals surface area contributed by atoms with Gasteiger partial charge in [-0.15, -0.1) is 0 Å². The maximum Gasteiger partial charge on any atom is 0.0701 e. The van der Waals surface area contributed by atoms with Gasteiger partial charge in [-0.2, -0.15) is 0 Å². The topological polar surface area (TPSA) is 92.3 Å². The first-order chi connectivity index (χ1) is 23.4. The van der Waals surface area contributed by atoms with Crippen LogP contribution in [0.1, 0.15) is 110 Å². The molecular formula is C37H76O10. The molecule has 0 N–H and O–H groups in total. The molecule has 0 aliphatic rings. The Balaban J connectivity index is 3.03. The molecule has 0 spiro atoms. The van der Waals surface area contributed by atoms with Gasteiger partial charge in [0.2, 0.25) is 0 Å². The standard InChI is InChI=1S/C37H76O10/c1-3-5-7-8-9-10-11-12-13-14-15-16-17-19-39-21-23-41-25-27-43-29-31-45-33-35-47-37-36-46-34-32-44-30-28-42-26-24-40-22-20-38-18-6-4-2/h3-37H2,1-2H3. The van der Waals surface area contributed by atoms with E-state index in [-0.39, 0.29) is 0 Å². The third-order valence-electron chi connectivity index (χ3n) is 7.38. The Bertz CT molecular complexity index is 485. The van der Waals surface area contributed by atoms with Crippen molar-refractivity contribution in [1.29, 1.82) is 0 Å². The second-order valence-electron chi connectivity index (χ2n) is 11.7. The smallest absolute Gasteiger partial charge is 0.0701 e. The van der Waals surface area contributed by atoms with Crippen molar-refractivity contribution in [1.82, 2.24) is 0 Å². The lowest BCUT2D eigenvalue weighted by Gasteiger charge is -2.09. The van der Waals surface area contributed by atoms with E-state index < -0.39 is 0 Å². The third-order valence-corrected chi connectivity index (χ3v) is 7.38. The van der Waals surface area contributed by atoms with Crippen LogP contribution in [0.2, 0.25) is 0 Å². The molecule has 0 aromatic rings. The Labute approximate surface area is 289 Å². The average molecular weight is 681 g/mol. The lowest BCUT2D eigenvalue weighted by molar-refractivity contribution is -0.0264. The summed E-state index contributed by atoms with van der Waals surface area (Å²) in [5, 5.41) is 0. The maximum atomic E-state index is 5.67. The molecule has 284 valence electrons. The summed E-state index contributed by atoms with van der Waals surface area (Å²) in [7, 11) is 0. The van der Waals surface area contributed by atoms with E-state index in [4.69, 9.17) is 47.4 Å². The van der Waals surface area contributed by atoms with Crippen molar-refractivity contribution in [3.05, 3.63) is 0 Å². The molecule has 0 amide bonds. The van der Waals surface area contributed by atoms with Crippen LogP contribution in [0, 0.1) is 0 Å². The van der Waals surface area contributed by atoms with Gasteiger partial charge in [-0.1, -0.05) is 97.3 Å². The van der Waals surface area contributed by atoms with Crippen LogP contribution in [0.4, 0.5) is 0 Å². The molecule has 0 aromatic carbocycles. The molecule has 0 saturated heterocycles. The molecule has 0 rings (SSSR count). The van der Waals surface area contributed by atoms with E-state index in [0.717, 1.165) is 32.5 Å². The molecule has 0 radical (unpaired) electrons. The highest BCUT2D eigenvalue weighted by atomic mass is 16.6. The monoisotopic (exact) mass is 681 g/mol. The molecule has 0 heterocycles. The van der Waals surface area contributed by atoms with Crippen molar-refractivity contribution in [3.63, 3.8) is 0 Å². The molecule has 10 nitrogen and oxygen atoms in total. The van der Waals surface area contributed by atoms with Crippen molar-refractivity contribution in [2.24, 2.45) is 0 Å². The van der Waals surface area contributed by atoms with Gasteiger partial charge >= 0.3 is 0 Å². The van der Waals surface area contributed by atoms with Gasteiger partial charge in [0.1, 0.15) is 0 Å². The van der Waals surface area contributed by atoms with Gasteiger partial charge in [0.25, 0.3) is 0 Å². The largest absolute Gasteiger partial charge is 0.379 e. The lowest BCUT2D eigenvalue weighted by atomic mass is 10.0. The first kappa shape index (κ1) is 46.6. The molecule has 0 saturated carbocycles. The molecule has 0 aromatic heterocycles. The zero-order valence-corrected chi connectivity index (χ0v) is 30.8. The van der Waals surface area contributed by atoms with Crippen LogP contribution in [0.25, 0.3) is 0 Å². The van der Waals surface area contributed by atoms with Crippen LogP contribution in [0.15, 0.2) is 0 Å². The van der Waals surface area contributed by atoms with E-state index in [1.807, 2.05) is 0 Å². The normalized spacial score (nSPS) is 11.6.